The van der Waals surface area contributed by atoms with Crippen molar-refractivity contribution in [2.24, 2.45) is 0 Å². The van der Waals surface area contributed by atoms with E-state index >= 15 is 0 Å². The van der Waals surface area contributed by atoms with Crippen LogP contribution in [0.25, 0.3) is 0 Å². The van der Waals surface area contributed by atoms with E-state index in [9.17, 15) is 0 Å². The van der Waals surface area contributed by atoms with E-state index in [-0.39, 0.29) is 0 Å². The Morgan fingerprint density at radius 2 is 2.00 bits per heavy atom. The Bertz CT molecular complexity index is 76.0. The zero-order chi connectivity index (χ0) is 8.53. The van der Waals surface area contributed by atoms with E-state index < -0.39 is 0 Å². The van der Waals surface area contributed by atoms with E-state index in [1.54, 1.807) is 0 Å². The monoisotopic (exact) mass is 222 g/mol. The summed E-state index contributed by atoms with van der Waals surface area (Å²) < 4.78 is 5.34. The zero-order valence-electron chi connectivity index (χ0n) is 7.61. The average molecular weight is 223 g/mol. The van der Waals surface area contributed by atoms with Crippen LogP contribution in [0.4, 0.5) is 0 Å². The van der Waals surface area contributed by atoms with Gasteiger partial charge in [-0.15, -0.1) is 0 Å². The summed E-state index contributed by atoms with van der Waals surface area (Å²) in [5.41, 5.74) is 0.669. The number of halogens is 1. The fraction of sp³-hybridized carbons (Fsp3) is 1.00. The molecule has 0 radical (unpaired) electrons. The van der Waals surface area contributed by atoms with Crippen LogP contribution in [0.1, 0.15) is 46.0 Å². The molecule has 0 saturated heterocycles. The van der Waals surface area contributed by atoms with Crippen molar-refractivity contribution in [1.29, 1.82) is 0 Å². The van der Waals surface area contributed by atoms with E-state index in [1.807, 2.05) is 0 Å². The fourth-order valence-corrected chi connectivity index (χ4v) is 1.50. The molecule has 0 amide bonds. The standard InChI is InChI=1S/C9H19BrO/c1-3-4-5-6-7-9(2)11-8-10/h9H,3-8H2,1-2H3. The molecule has 0 aromatic heterocycles. The number of hydrogen-bond acceptors (Lipinski definition) is 1. The Hall–Kier alpha value is 0.440. The Balaban J connectivity index is 2.97. The van der Waals surface area contributed by atoms with E-state index in [1.165, 1.54) is 32.1 Å². The largest absolute Gasteiger partial charge is 0.367 e. The van der Waals surface area contributed by atoms with Crippen molar-refractivity contribution in [3.63, 3.8) is 0 Å². The van der Waals surface area contributed by atoms with Gasteiger partial charge in [-0.1, -0.05) is 48.5 Å². The van der Waals surface area contributed by atoms with E-state index in [4.69, 9.17) is 4.74 Å². The second-order valence-electron chi connectivity index (χ2n) is 2.94. The molecule has 0 saturated carbocycles. The van der Waals surface area contributed by atoms with Gasteiger partial charge in [0, 0.05) is 0 Å². The molecule has 0 rings (SSSR count). The Kier molecular flexibility index (Phi) is 8.88. The first-order valence-corrected chi connectivity index (χ1v) is 5.61. The van der Waals surface area contributed by atoms with E-state index in [0.717, 1.165) is 0 Å². The topological polar surface area (TPSA) is 9.23 Å². The van der Waals surface area contributed by atoms with Gasteiger partial charge < -0.3 is 4.74 Å². The Morgan fingerprint density at radius 1 is 1.27 bits per heavy atom. The van der Waals surface area contributed by atoms with Crippen LogP contribution in [-0.2, 0) is 4.74 Å². The van der Waals surface area contributed by atoms with Crippen LogP contribution < -0.4 is 0 Å². The molecule has 1 nitrogen and oxygen atoms in total. The van der Waals surface area contributed by atoms with Crippen LogP contribution >= 0.6 is 15.9 Å². The van der Waals surface area contributed by atoms with Crippen molar-refractivity contribution in [2.75, 3.05) is 5.52 Å². The normalized spacial score (nSPS) is 13.4. The number of unbranched alkanes of at least 4 members (excludes halogenated alkanes) is 3. The van der Waals surface area contributed by atoms with Crippen molar-refractivity contribution in [3.05, 3.63) is 0 Å². The lowest BCUT2D eigenvalue weighted by atomic mass is 10.1. The molecular weight excluding hydrogens is 204 g/mol. The van der Waals surface area contributed by atoms with Crippen LogP contribution in [0.3, 0.4) is 0 Å². The lowest BCUT2D eigenvalue weighted by molar-refractivity contribution is 0.0984. The summed E-state index contributed by atoms with van der Waals surface area (Å²) in [6, 6.07) is 0. The van der Waals surface area contributed by atoms with Crippen LogP contribution in [-0.4, -0.2) is 11.6 Å². The molecule has 0 aliphatic rings. The van der Waals surface area contributed by atoms with Crippen LogP contribution in [0, 0.1) is 0 Å². The molecule has 0 fully saturated rings. The van der Waals surface area contributed by atoms with Gasteiger partial charge in [0.1, 0.15) is 5.52 Å². The highest BCUT2D eigenvalue weighted by atomic mass is 79.9. The van der Waals surface area contributed by atoms with Crippen molar-refractivity contribution in [2.45, 2.75) is 52.1 Å². The minimum absolute atomic E-state index is 0.422. The summed E-state index contributed by atoms with van der Waals surface area (Å²) in [5, 5.41) is 0. The molecular formula is C9H19BrO. The number of rotatable bonds is 7. The van der Waals surface area contributed by atoms with Gasteiger partial charge in [0.2, 0.25) is 0 Å². The van der Waals surface area contributed by atoms with Crippen LogP contribution in [0.15, 0.2) is 0 Å². The molecule has 0 bridgehead atoms. The van der Waals surface area contributed by atoms with E-state index in [0.29, 0.717) is 11.6 Å². The van der Waals surface area contributed by atoms with Gasteiger partial charge >= 0.3 is 0 Å². The van der Waals surface area contributed by atoms with Crippen molar-refractivity contribution < 1.29 is 4.74 Å². The number of ether oxygens (including phenoxy) is 1. The number of hydrogen-bond donors (Lipinski definition) is 0. The molecule has 0 aromatic rings. The molecule has 68 valence electrons. The van der Waals surface area contributed by atoms with Crippen molar-refractivity contribution >= 4 is 15.9 Å². The molecule has 11 heavy (non-hydrogen) atoms. The zero-order valence-corrected chi connectivity index (χ0v) is 9.19. The Labute approximate surface area is 78.6 Å². The highest BCUT2D eigenvalue weighted by molar-refractivity contribution is 9.09. The first-order valence-electron chi connectivity index (χ1n) is 4.48. The van der Waals surface area contributed by atoms with Crippen LogP contribution in [0.2, 0.25) is 0 Å². The van der Waals surface area contributed by atoms with Gasteiger partial charge in [-0.3, -0.25) is 0 Å². The smallest absolute Gasteiger partial charge is 0.102 e. The highest BCUT2D eigenvalue weighted by Gasteiger charge is 1.99. The molecule has 0 aromatic carbocycles. The molecule has 0 aliphatic heterocycles. The van der Waals surface area contributed by atoms with Gasteiger partial charge in [-0.2, -0.15) is 0 Å². The molecule has 0 aliphatic carbocycles. The third-order valence-electron chi connectivity index (χ3n) is 1.81. The average Bonchev–Trinajstić information content (AvgIpc) is 1.99. The lowest BCUT2D eigenvalue weighted by Crippen LogP contribution is -2.05. The summed E-state index contributed by atoms with van der Waals surface area (Å²) in [7, 11) is 0. The summed E-state index contributed by atoms with van der Waals surface area (Å²) in [6.45, 7) is 4.37. The predicted octanol–water partition coefficient (Wildman–Crippen LogP) is 3.71. The molecule has 0 spiro atoms. The van der Waals surface area contributed by atoms with E-state index in [2.05, 4.69) is 29.8 Å². The maximum Gasteiger partial charge on any atom is 0.102 e. The summed E-state index contributed by atoms with van der Waals surface area (Å²) >= 11 is 3.25. The maximum absolute atomic E-state index is 5.34. The second kappa shape index (κ2) is 8.54. The first-order chi connectivity index (χ1) is 5.31. The van der Waals surface area contributed by atoms with Gasteiger partial charge in [0.25, 0.3) is 0 Å². The van der Waals surface area contributed by atoms with Gasteiger partial charge in [-0.05, 0) is 13.3 Å². The van der Waals surface area contributed by atoms with Crippen LogP contribution in [0.5, 0.6) is 0 Å². The van der Waals surface area contributed by atoms with Crippen molar-refractivity contribution in [3.8, 4) is 0 Å². The molecule has 1 atom stereocenters. The minimum Gasteiger partial charge on any atom is -0.367 e. The first kappa shape index (κ1) is 11.4. The predicted molar refractivity (Wildman–Crippen MR) is 53.1 cm³/mol. The molecule has 0 N–H and O–H groups in total. The molecule has 2 heteroatoms. The maximum atomic E-state index is 5.34. The minimum atomic E-state index is 0.422. The third kappa shape index (κ3) is 8.35. The van der Waals surface area contributed by atoms with Gasteiger partial charge in [0.15, 0.2) is 0 Å². The lowest BCUT2D eigenvalue weighted by Gasteiger charge is -2.09. The SMILES string of the molecule is CCCCCCC(C)OCBr. The Morgan fingerprint density at radius 3 is 2.55 bits per heavy atom. The third-order valence-corrected chi connectivity index (χ3v) is 2.08. The highest BCUT2D eigenvalue weighted by Crippen LogP contribution is 2.08. The molecule has 1 unspecified atom stereocenters. The quantitative estimate of drug-likeness (QED) is 0.472. The summed E-state index contributed by atoms with van der Waals surface area (Å²) in [6.07, 6.45) is 6.96. The second-order valence-corrected chi connectivity index (χ2v) is 3.39. The summed E-state index contributed by atoms with van der Waals surface area (Å²) in [4.78, 5) is 0. The fourth-order valence-electron chi connectivity index (χ4n) is 1.05. The van der Waals surface area contributed by atoms with Crippen molar-refractivity contribution in [1.82, 2.24) is 0 Å². The number of alkyl halides is 1. The summed E-state index contributed by atoms with van der Waals surface area (Å²) in [5.74, 6) is 0. The van der Waals surface area contributed by atoms with Gasteiger partial charge in [0.05, 0.1) is 6.10 Å². The van der Waals surface area contributed by atoms with Gasteiger partial charge in [-0.25, -0.2) is 0 Å². The molecule has 0 heterocycles.